The Bertz CT molecular complexity index is 512. The van der Waals surface area contributed by atoms with E-state index >= 15 is 0 Å². The standard InChI is InChI=1S/C13H17BrO4S/c1-19(15,16)18-13-5-3-2-4-12(13)17-11-8-6-10(14)7-9-11/h6-9,12-13H,2-5H2,1H3. The minimum absolute atomic E-state index is 0.204. The van der Waals surface area contributed by atoms with Crippen LogP contribution in [0.15, 0.2) is 28.7 Å². The third kappa shape index (κ3) is 4.78. The van der Waals surface area contributed by atoms with Crippen molar-refractivity contribution in [3.05, 3.63) is 28.7 Å². The second-order valence-electron chi connectivity index (χ2n) is 4.73. The number of rotatable bonds is 4. The van der Waals surface area contributed by atoms with Gasteiger partial charge in [0.25, 0.3) is 10.1 Å². The van der Waals surface area contributed by atoms with Gasteiger partial charge in [-0.15, -0.1) is 0 Å². The Morgan fingerprint density at radius 1 is 1.11 bits per heavy atom. The van der Waals surface area contributed by atoms with Gasteiger partial charge in [-0.25, -0.2) is 0 Å². The van der Waals surface area contributed by atoms with Crippen molar-refractivity contribution in [1.29, 1.82) is 0 Å². The Balaban J connectivity index is 2.05. The van der Waals surface area contributed by atoms with Gasteiger partial charge in [-0.2, -0.15) is 8.42 Å². The van der Waals surface area contributed by atoms with Gasteiger partial charge in [0.1, 0.15) is 18.0 Å². The molecule has 0 heterocycles. The zero-order valence-electron chi connectivity index (χ0n) is 10.7. The Hall–Kier alpha value is -0.590. The summed E-state index contributed by atoms with van der Waals surface area (Å²) in [6.45, 7) is 0. The molecule has 1 saturated carbocycles. The first-order valence-corrected chi connectivity index (χ1v) is 8.85. The molecule has 0 saturated heterocycles. The molecular weight excluding hydrogens is 332 g/mol. The van der Waals surface area contributed by atoms with E-state index in [2.05, 4.69) is 15.9 Å². The van der Waals surface area contributed by atoms with Crippen LogP contribution in [0.4, 0.5) is 0 Å². The highest BCUT2D eigenvalue weighted by Crippen LogP contribution is 2.27. The van der Waals surface area contributed by atoms with E-state index < -0.39 is 10.1 Å². The number of ether oxygens (including phenoxy) is 1. The molecule has 2 atom stereocenters. The van der Waals surface area contributed by atoms with Gasteiger partial charge in [-0.3, -0.25) is 4.18 Å². The van der Waals surface area contributed by atoms with Crippen LogP contribution >= 0.6 is 15.9 Å². The smallest absolute Gasteiger partial charge is 0.264 e. The van der Waals surface area contributed by atoms with Crippen molar-refractivity contribution in [2.24, 2.45) is 0 Å². The molecule has 0 aromatic heterocycles. The van der Waals surface area contributed by atoms with Gasteiger partial charge < -0.3 is 4.74 Å². The molecule has 1 aliphatic rings. The maximum Gasteiger partial charge on any atom is 0.264 e. The van der Waals surface area contributed by atoms with Crippen LogP contribution in [-0.4, -0.2) is 26.9 Å². The maximum absolute atomic E-state index is 11.3. The second kappa shape index (κ2) is 6.24. The van der Waals surface area contributed by atoms with Crippen molar-refractivity contribution in [2.75, 3.05) is 6.26 Å². The third-order valence-corrected chi connectivity index (χ3v) is 4.17. The van der Waals surface area contributed by atoms with Crippen molar-refractivity contribution in [3.63, 3.8) is 0 Å². The van der Waals surface area contributed by atoms with Crippen LogP contribution in [0.2, 0.25) is 0 Å². The molecule has 0 amide bonds. The van der Waals surface area contributed by atoms with E-state index in [4.69, 9.17) is 8.92 Å². The Labute approximate surface area is 122 Å². The molecule has 0 radical (unpaired) electrons. The predicted molar refractivity (Wildman–Crippen MR) is 76.7 cm³/mol. The Morgan fingerprint density at radius 3 is 2.26 bits per heavy atom. The largest absolute Gasteiger partial charge is 0.488 e. The summed E-state index contributed by atoms with van der Waals surface area (Å²) in [6, 6.07) is 7.50. The average molecular weight is 349 g/mol. The molecule has 0 bridgehead atoms. The lowest BCUT2D eigenvalue weighted by molar-refractivity contribution is 0.0277. The summed E-state index contributed by atoms with van der Waals surface area (Å²) in [4.78, 5) is 0. The summed E-state index contributed by atoms with van der Waals surface area (Å²) in [5.41, 5.74) is 0. The first-order valence-electron chi connectivity index (χ1n) is 6.24. The molecule has 0 N–H and O–H groups in total. The molecule has 4 nitrogen and oxygen atoms in total. The van der Waals surface area contributed by atoms with E-state index in [0.29, 0.717) is 6.42 Å². The van der Waals surface area contributed by atoms with Crippen LogP contribution in [0.1, 0.15) is 25.7 Å². The van der Waals surface area contributed by atoms with Crippen LogP contribution in [0.3, 0.4) is 0 Å². The fraction of sp³-hybridized carbons (Fsp3) is 0.538. The zero-order valence-corrected chi connectivity index (χ0v) is 13.1. The number of halogens is 1. The quantitative estimate of drug-likeness (QED) is 0.784. The van der Waals surface area contributed by atoms with Crippen molar-refractivity contribution in [1.82, 2.24) is 0 Å². The molecule has 19 heavy (non-hydrogen) atoms. The van der Waals surface area contributed by atoms with Gasteiger partial charge in [0.15, 0.2) is 0 Å². The van der Waals surface area contributed by atoms with Gasteiger partial charge in [0.05, 0.1) is 6.26 Å². The van der Waals surface area contributed by atoms with Crippen LogP contribution in [-0.2, 0) is 14.3 Å². The minimum Gasteiger partial charge on any atom is -0.488 e. The molecule has 106 valence electrons. The highest BCUT2D eigenvalue weighted by molar-refractivity contribution is 9.10. The Morgan fingerprint density at radius 2 is 1.68 bits per heavy atom. The molecule has 1 aromatic carbocycles. The molecule has 2 unspecified atom stereocenters. The highest BCUT2D eigenvalue weighted by Gasteiger charge is 2.30. The summed E-state index contributed by atoms with van der Waals surface area (Å²) in [7, 11) is -3.44. The van der Waals surface area contributed by atoms with Gasteiger partial charge in [-0.1, -0.05) is 22.4 Å². The second-order valence-corrected chi connectivity index (χ2v) is 7.25. The highest BCUT2D eigenvalue weighted by atomic mass is 79.9. The number of hydrogen-bond acceptors (Lipinski definition) is 4. The summed E-state index contributed by atoms with van der Waals surface area (Å²) in [5.74, 6) is 0.734. The van der Waals surface area contributed by atoms with Gasteiger partial charge in [0, 0.05) is 4.47 Å². The molecule has 1 fully saturated rings. The molecule has 0 aliphatic heterocycles. The SMILES string of the molecule is CS(=O)(=O)OC1CCCCC1Oc1ccc(Br)cc1. The lowest BCUT2D eigenvalue weighted by Gasteiger charge is -2.30. The molecule has 2 rings (SSSR count). The van der Waals surface area contributed by atoms with Gasteiger partial charge in [0.2, 0.25) is 0 Å². The lowest BCUT2D eigenvalue weighted by atomic mass is 9.95. The van der Waals surface area contributed by atoms with E-state index in [1.807, 2.05) is 24.3 Å². The summed E-state index contributed by atoms with van der Waals surface area (Å²) < 4.78 is 34.5. The van der Waals surface area contributed by atoms with E-state index in [0.717, 1.165) is 35.7 Å². The molecule has 1 aliphatic carbocycles. The van der Waals surface area contributed by atoms with Crippen LogP contribution in [0, 0.1) is 0 Å². The first kappa shape index (κ1) is 14.8. The van der Waals surface area contributed by atoms with Gasteiger partial charge in [-0.05, 0) is 43.5 Å². The van der Waals surface area contributed by atoms with Crippen molar-refractivity contribution in [2.45, 2.75) is 37.9 Å². The number of hydrogen-bond donors (Lipinski definition) is 0. The number of benzene rings is 1. The van der Waals surface area contributed by atoms with Crippen molar-refractivity contribution in [3.8, 4) is 5.75 Å². The van der Waals surface area contributed by atoms with Crippen LogP contribution in [0.5, 0.6) is 5.75 Å². The first-order chi connectivity index (χ1) is 8.94. The van der Waals surface area contributed by atoms with E-state index in [-0.39, 0.29) is 12.2 Å². The van der Waals surface area contributed by atoms with Crippen molar-refractivity contribution < 1.29 is 17.3 Å². The van der Waals surface area contributed by atoms with Crippen molar-refractivity contribution >= 4 is 26.0 Å². The summed E-state index contributed by atoms with van der Waals surface area (Å²) >= 11 is 3.36. The zero-order chi connectivity index (χ0) is 13.9. The predicted octanol–water partition coefficient (Wildman–Crippen LogP) is 3.12. The van der Waals surface area contributed by atoms with Gasteiger partial charge >= 0.3 is 0 Å². The van der Waals surface area contributed by atoms with Crippen LogP contribution in [0.25, 0.3) is 0 Å². The molecule has 6 heteroatoms. The fourth-order valence-electron chi connectivity index (χ4n) is 2.22. The average Bonchev–Trinajstić information content (AvgIpc) is 2.33. The Kier molecular flexibility index (Phi) is 4.86. The lowest BCUT2D eigenvalue weighted by Crippen LogP contribution is -2.38. The van der Waals surface area contributed by atoms with E-state index in [1.54, 1.807) is 0 Å². The minimum atomic E-state index is -3.44. The summed E-state index contributed by atoms with van der Waals surface area (Å²) in [5, 5.41) is 0. The van der Waals surface area contributed by atoms with E-state index in [1.165, 1.54) is 0 Å². The topological polar surface area (TPSA) is 52.6 Å². The van der Waals surface area contributed by atoms with E-state index in [9.17, 15) is 8.42 Å². The maximum atomic E-state index is 11.3. The normalized spacial score (nSPS) is 24.1. The summed E-state index contributed by atoms with van der Waals surface area (Å²) in [6.07, 6.45) is 4.03. The molecule has 1 aromatic rings. The molecular formula is C13H17BrO4S. The van der Waals surface area contributed by atoms with Crippen LogP contribution < -0.4 is 4.74 Å². The fourth-order valence-corrected chi connectivity index (χ4v) is 3.15. The third-order valence-electron chi connectivity index (χ3n) is 3.04. The monoisotopic (exact) mass is 348 g/mol. The molecule has 0 spiro atoms.